The SMILES string of the molecule is O=S(=O)(Cc1ccccc1)Nc1c(F)cc(Oc2ncccc2-c2ccnc(N[C@@H]3CN=C[C@@H](F)C3)n2)c(F)c1F. The topological polar surface area (TPSA) is 118 Å². The van der Waals surface area contributed by atoms with Gasteiger partial charge in [0.15, 0.2) is 17.4 Å². The molecule has 0 saturated carbocycles. The maximum atomic E-state index is 15.0. The van der Waals surface area contributed by atoms with Crippen molar-refractivity contribution in [1.82, 2.24) is 15.0 Å². The number of aromatic nitrogens is 3. The second-order valence-corrected chi connectivity index (χ2v) is 10.8. The molecule has 0 radical (unpaired) electrons. The lowest BCUT2D eigenvalue weighted by Gasteiger charge is -2.21. The van der Waals surface area contributed by atoms with Crippen molar-refractivity contribution in [3.05, 3.63) is 90.0 Å². The Morgan fingerprint density at radius 1 is 0.976 bits per heavy atom. The summed E-state index contributed by atoms with van der Waals surface area (Å²) in [6, 6.07) is 12.7. The molecule has 0 bridgehead atoms. The standard InChI is InChI=1S/C27H22F4N6O3S/c28-17-11-18(14-32-13-17)35-27-34-10-8-21(36-27)19-7-4-9-33-26(19)40-22-12-20(29)25(24(31)23(22)30)37-41(38,39)15-16-5-2-1-3-6-16/h1-10,12-13,17-18,37H,11,14-15H2,(H,34,35,36)/t17-,18-/m0/s1. The second-order valence-electron chi connectivity index (χ2n) is 9.04. The Morgan fingerprint density at radius 2 is 1.78 bits per heavy atom. The summed E-state index contributed by atoms with van der Waals surface area (Å²) in [6.45, 7) is 0.337. The van der Waals surface area contributed by atoms with E-state index in [4.69, 9.17) is 4.74 Å². The van der Waals surface area contributed by atoms with Crippen LogP contribution in [0.4, 0.5) is 29.2 Å². The largest absolute Gasteiger partial charge is 0.435 e. The molecule has 0 aliphatic carbocycles. The van der Waals surface area contributed by atoms with Crippen LogP contribution in [0.1, 0.15) is 12.0 Å². The molecule has 1 aliphatic heterocycles. The van der Waals surface area contributed by atoms with Crippen molar-refractivity contribution in [2.45, 2.75) is 24.4 Å². The predicted octanol–water partition coefficient (Wildman–Crippen LogP) is 5.28. The fraction of sp³-hybridized carbons (Fsp3) is 0.185. The van der Waals surface area contributed by atoms with Crippen molar-refractivity contribution in [2.24, 2.45) is 4.99 Å². The van der Waals surface area contributed by atoms with Gasteiger partial charge in [-0.15, -0.1) is 0 Å². The third kappa shape index (κ3) is 6.77. The summed E-state index contributed by atoms with van der Waals surface area (Å²) in [5.41, 5.74) is -0.309. The number of nitrogens with one attached hydrogen (secondary N) is 2. The molecule has 2 N–H and O–H groups in total. The minimum atomic E-state index is -4.28. The van der Waals surface area contributed by atoms with Gasteiger partial charge in [-0.3, -0.25) is 9.71 Å². The molecule has 2 atom stereocenters. The van der Waals surface area contributed by atoms with Crippen LogP contribution in [-0.4, -0.2) is 48.3 Å². The Balaban J connectivity index is 1.38. The molecule has 0 saturated heterocycles. The molecular formula is C27H22F4N6O3S. The Hall–Kier alpha value is -4.59. The quantitative estimate of drug-likeness (QED) is 0.202. The number of aliphatic imine (C=N–C) groups is 1. The summed E-state index contributed by atoms with van der Waals surface area (Å²) < 4.78 is 90.6. The van der Waals surface area contributed by atoms with Gasteiger partial charge in [-0.05, 0) is 23.8 Å². The molecule has 9 nitrogen and oxygen atoms in total. The van der Waals surface area contributed by atoms with E-state index in [0.29, 0.717) is 18.2 Å². The number of benzene rings is 2. The van der Waals surface area contributed by atoms with Crippen molar-refractivity contribution in [1.29, 1.82) is 0 Å². The summed E-state index contributed by atoms with van der Waals surface area (Å²) >= 11 is 0. The average Bonchev–Trinajstić information content (AvgIpc) is 2.95. The zero-order valence-electron chi connectivity index (χ0n) is 21.1. The highest BCUT2D eigenvalue weighted by Crippen LogP contribution is 2.36. The smallest absolute Gasteiger partial charge is 0.237 e. The number of hydrogen-bond donors (Lipinski definition) is 2. The van der Waals surface area contributed by atoms with Crippen LogP contribution in [0.25, 0.3) is 11.3 Å². The molecule has 2 aromatic heterocycles. The van der Waals surface area contributed by atoms with E-state index in [2.05, 4.69) is 25.3 Å². The predicted molar refractivity (Wildman–Crippen MR) is 145 cm³/mol. The summed E-state index contributed by atoms with van der Waals surface area (Å²) in [7, 11) is -4.28. The maximum Gasteiger partial charge on any atom is 0.237 e. The molecule has 4 aromatic rings. The van der Waals surface area contributed by atoms with Gasteiger partial charge >= 0.3 is 0 Å². The molecule has 14 heteroatoms. The minimum Gasteiger partial charge on any atom is -0.435 e. The van der Waals surface area contributed by atoms with Crippen molar-refractivity contribution in [2.75, 3.05) is 16.6 Å². The monoisotopic (exact) mass is 586 g/mol. The van der Waals surface area contributed by atoms with Crippen LogP contribution in [0.15, 0.2) is 72.0 Å². The number of pyridine rings is 1. The molecule has 0 amide bonds. The minimum absolute atomic E-state index is 0.169. The Bertz CT molecular complexity index is 1690. The van der Waals surface area contributed by atoms with E-state index in [9.17, 15) is 21.6 Å². The first-order chi connectivity index (χ1) is 19.7. The van der Waals surface area contributed by atoms with E-state index in [1.165, 1.54) is 42.9 Å². The molecule has 2 aromatic carbocycles. The van der Waals surface area contributed by atoms with Gasteiger partial charge in [0.2, 0.25) is 27.7 Å². The lowest BCUT2D eigenvalue weighted by atomic mass is 10.1. The first kappa shape index (κ1) is 28.0. The van der Waals surface area contributed by atoms with Gasteiger partial charge in [0, 0.05) is 31.1 Å². The average molecular weight is 587 g/mol. The van der Waals surface area contributed by atoms with E-state index in [1.807, 2.05) is 0 Å². The highest BCUT2D eigenvalue weighted by atomic mass is 32.2. The van der Waals surface area contributed by atoms with E-state index in [1.54, 1.807) is 29.0 Å². The normalized spacial score (nSPS) is 16.8. The van der Waals surface area contributed by atoms with E-state index in [0.717, 1.165) is 0 Å². The van der Waals surface area contributed by atoms with Crippen LogP contribution >= 0.6 is 0 Å². The number of ether oxygens (including phenoxy) is 1. The highest BCUT2D eigenvalue weighted by molar-refractivity contribution is 7.91. The molecule has 0 spiro atoms. The molecular weight excluding hydrogens is 564 g/mol. The second kappa shape index (κ2) is 11.9. The molecule has 5 rings (SSSR count). The van der Waals surface area contributed by atoms with Crippen LogP contribution in [0.5, 0.6) is 11.6 Å². The van der Waals surface area contributed by atoms with Gasteiger partial charge in [0.1, 0.15) is 11.9 Å². The number of nitrogens with zero attached hydrogens (tertiary/aromatic N) is 4. The van der Waals surface area contributed by atoms with Crippen LogP contribution in [0.3, 0.4) is 0 Å². The third-order valence-electron chi connectivity index (χ3n) is 5.93. The first-order valence-corrected chi connectivity index (χ1v) is 13.9. The van der Waals surface area contributed by atoms with Crippen molar-refractivity contribution < 1.29 is 30.7 Å². The maximum absolute atomic E-state index is 15.0. The van der Waals surface area contributed by atoms with Crippen molar-refractivity contribution in [3.8, 4) is 22.9 Å². The summed E-state index contributed by atoms with van der Waals surface area (Å²) in [5.74, 6) is -6.34. The first-order valence-electron chi connectivity index (χ1n) is 12.3. The molecule has 0 fully saturated rings. The van der Waals surface area contributed by atoms with E-state index in [-0.39, 0.29) is 35.5 Å². The lowest BCUT2D eigenvalue weighted by Crippen LogP contribution is -2.31. The van der Waals surface area contributed by atoms with Crippen molar-refractivity contribution in [3.63, 3.8) is 0 Å². The number of hydrogen-bond acceptors (Lipinski definition) is 8. The van der Waals surface area contributed by atoms with Crippen LogP contribution in [0.2, 0.25) is 0 Å². The molecule has 212 valence electrons. The summed E-state index contributed by atoms with van der Waals surface area (Å²) in [6.07, 6.45) is 2.98. The fourth-order valence-corrected chi connectivity index (χ4v) is 5.27. The van der Waals surface area contributed by atoms with Gasteiger partial charge in [-0.2, -0.15) is 4.39 Å². The van der Waals surface area contributed by atoms with E-state index >= 15 is 4.39 Å². The third-order valence-corrected chi connectivity index (χ3v) is 7.16. The Labute approximate surface area is 232 Å². The van der Waals surface area contributed by atoms with E-state index < -0.39 is 50.8 Å². The Kier molecular flexibility index (Phi) is 8.10. The van der Waals surface area contributed by atoms with Gasteiger partial charge in [0.25, 0.3) is 0 Å². The molecule has 1 aliphatic rings. The molecule has 0 unspecified atom stereocenters. The van der Waals surface area contributed by atoms with Gasteiger partial charge in [-0.25, -0.2) is 36.5 Å². The Morgan fingerprint density at radius 3 is 2.56 bits per heavy atom. The van der Waals surface area contributed by atoms with Gasteiger partial charge in [0.05, 0.1) is 29.6 Å². The van der Waals surface area contributed by atoms with Crippen LogP contribution in [0, 0.1) is 17.5 Å². The zero-order chi connectivity index (χ0) is 29.0. The van der Waals surface area contributed by atoms with Crippen LogP contribution in [-0.2, 0) is 15.8 Å². The molecule has 3 heterocycles. The summed E-state index contributed by atoms with van der Waals surface area (Å²) in [4.78, 5) is 16.5. The summed E-state index contributed by atoms with van der Waals surface area (Å²) in [5, 5.41) is 3.00. The number of sulfonamides is 1. The van der Waals surface area contributed by atoms with Gasteiger partial charge < -0.3 is 10.1 Å². The number of halogens is 4. The lowest BCUT2D eigenvalue weighted by molar-refractivity contribution is 0.377. The van der Waals surface area contributed by atoms with Crippen molar-refractivity contribution >= 4 is 27.9 Å². The highest BCUT2D eigenvalue weighted by Gasteiger charge is 2.25. The number of anilines is 2. The number of rotatable bonds is 9. The number of alkyl halides is 1. The van der Waals surface area contributed by atoms with Gasteiger partial charge in [-0.1, -0.05) is 30.3 Å². The fourth-order valence-electron chi connectivity index (χ4n) is 4.07. The molecule has 41 heavy (non-hydrogen) atoms. The zero-order valence-corrected chi connectivity index (χ0v) is 22.0. The van der Waals surface area contributed by atoms with Crippen LogP contribution < -0.4 is 14.8 Å².